The van der Waals surface area contributed by atoms with Crippen molar-refractivity contribution in [3.05, 3.63) is 12.7 Å². The Balaban J connectivity index is 4.65. The zero-order chi connectivity index (χ0) is 12.9. The predicted octanol–water partition coefficient (Wildman–Crippen LogP) is 1.46. The Kier molecular flexibility index (Phi) is 5.01. The van der Waals surface area contributed by atoms with Crippen LogP contribution in [0.5, 0.6) is 0 Å². The summed E-state index contributed by atoms with van der Waals surface area (Å²) in [7, 11) is 0. The van der Waals surface area contributed by atoms with Crippen LogP contribution >= 0.6 is 0 Å². The van der Waals surface area contributed by atoms with Crippen molar-refractivity contribution in [2.45, 2.75) is 39.3 Å². The summed E-state index contributed by atoms with van der Waals surface area (Å²) in [6.07, 6.45) is 1.60. The van der Waals surface area contributed by atoms with Gasteiger partial charge in [0.25, 0.3) is 0 Å². The van der Waals surface area contributed by atoms with E-state index in [1.54, 1.807) is 6.08 Å². The van der Waals surface area contributed by atoms with Gasteiger partial charge in [0.15, 0.2) is 0 Å². The summed E-state index contributed by atoms with van der Waals surface area (Å²) in [5.74, 6) is -1.07. The Morgan fingerprint density at radius 2 is 2.00 bits per heavy atom. The molecule has 0 aromatic heterocycles. The molecule has 0 spiro atoms. The van der Waals surface area contributed by atoms with Gasteiger partial charge in [0.2, 0.25) is 0 Å². The van der Waals surface area contributed by atoms with Crippen molar-refractivity contribution in [2.75, 3.05) is 6.54 Å². The molecule has 16 heavy (non-hydrogen) atoms. The first kappa shape index (κ1) is 14.5. The molecule has 0 fully saturated rings. The number of amides is 2. The topological polar surface area (TPSA) is 69.6 Å². The van der Waals surface area contributed by atoms with E-state index in [-0.39, 0.29) is 6.04 Å². The zero-order valence-corrected chi connectivity index (χ0v) is 10.3. The van der Waals surface area contributed by atoms with Gasteiger partial charge in [-0.2, -0.15) is 0 Å². The molecule has 0 bridgehead atoms. The predicted molar refractivity (Wildman–Crippen MR) is 62.3 cm³/mol. The average molecular weight is 228 g/mol. The Hall–Kier alpha value is -1.52. The third-order valence-electron chi connectivity index (χ3n) is 2.16. The van der Waals surface area contributed by atoms with Crippen molar-refractivity contribution in [2.24, 2.45) is 0 Å². The van der Waals surface area contributed by atoms with Gasteiger partial charge in [0.1, 0.15) is 5.54 Å². The highest BCUT2D eigenvalue weighted by Gasteiger charge is 2.31. The fourth-order valence-corrected chi connectivity index (χ4v) is 1.06. The molecule has 5 heteroatoms. The first-order valence-corrected chi connectivity index (χ1v) is 5.15. The molecule has 0 atom stereocenters. The van der Waals surface area contributed by atoms with Gasteiger partial charge in [-0.05, 0) is 27.7 Å². The maximum absolute atomic E-state index is 11.8. The molecular formula is C11H20N2O3. The average Bonchev–Trinajstić information content (AvgIpc) is 2.12. The van der Waals surface area contributed by atoms with E-state index in [1.165, 1.54) is 18.7 Å². The molecule has 0 aliphatic rings. The minimum absolute atomic E-state index is 0.0115. The molecule has 0 aliphatic heterocycles. The van der Waals surface area contributed by atoms with Gasteiger partial charge in [-0.3, -0.25) is 0 Å². The molecule has 0 saturated carbocycles. The highest BCUT2D eigenvalue weighted by molar-refractivity contribution is 5.85. The molecule has 5 nitrogen and oxygen atoms in total. The lowest BCUT2D eigenvalue weighted by Crippen LogP contribution is -2.55. The van der Waals surface area contributed by atoms with Crippen LogP contribution in [0.3, 0.4) is 0 Å². The minimum Gasteiger partial charge on any atom is -0.480 e. The first-order chi connectivity index (χ1) is 7.22. The van der Waals surface area contributed by atoms with E-state index in [0.717, 1.165) is 0 Å². The van der Waals surface area contributed by atoms with Crippen molar-refractivity contribution < 1.29 is 14.7 Å². The van der Waals surface area contributed by atoms with Crippen molar-refractivity contribution in [1.29, 1.82) is 0 Å². The maximum atomic E-state index is 11.8. The lowest BCUT2D eigenvalue weighted by Gasteiger charge is -2.30. The van der Waals surface area contributed by atoms with Gasteiger partial charge in [-0.15, -0.1) is 6.58 Å². The van der Waals surface area contributed by atoms with Crippen LogP contribution in [0.2, 0.25) is 0 Å². The van der Waals surface area contributed by atoms with Crippen LogP contribution in [-0.2, 0) is 4.79 Å². The highest BCUT2D eigenvalue weighted by atomic mass is 16.4. The molecule has 2 amide bonds. The van der Waals surface area contributed by atoms with E-state index in [4.69, 9.17) is 5.11 Å². The number of carbonyl (C=O) groups is 2. The van der Waals surface area contributed by atoms with Gasteiger partial charge < -0.3 is 15.3 Å². The van der Waals surface area contributed by atoms with E-state index in [2.05, 4.69) is 11.9 Å². The van der Waals surface area contributed by atoms with Crippen LogP contribution in [-0.4, -0.2) is 40.1 Å². The first-order valence-electron chi connectivity index (χ1n) is 5.15. The molecule has 0 aromatic carbocycles. The Morgan fingerprint density at radius 1 is 1.50 bits per heavy atom. The van der Waals surface area contributed by atoms with E-state index >= 15 is 0 Å². The summed E-state index contributed by atoms with van der Waals surface area (Å²) in [4.78, 5) is 24.2. The van der Waals surface area contributed by atoms with Crippen LogP contribution in [0.4, 0.5) is 4.79 Å². The molecule has 0 aliphatic carbocycles. The lowest BCUT2D eigenvalue weighted by molar-refractivity contribution is -0.143. The van der Waals surface area contributed by atoms with E-state index in [0.29, 0.717) is 6.54 Å². The molecule has 0 aromatic rings. The number of nitrogens with one attached hydrogen (secondary N) is 1. The van der Waals surface area contributed by atoms with Gasteiger partial charge in [0, 0.05) is 12.6 Å². The van der Waals surface area contributed by atoms with Crippen molar-refractivity contribution in [3.63, 3.8) is 0 Å². The maximum Gasteiger partial charge on any atom is 0.328 e. The van der Waals surface area contributed by atoms with Crippen LogP contribution < -0.4 is 5.32 Å². The fourth-order valence-electron chi connectivity index (χ4n) is 1.06. The lowest BCUT2D eigenvalue weighted by atomic mass is 10.1. The van der Waals surface area contributed by atoms with Gasteiger partial charge in [0.05, 0.1) is 0 Å². The second-order valence-electron chi connectivity index (χ2n) is 4.40. The number of carboxylic acid groups (broad SMARTS) is 1. The number of hydrogen-bond donors (Lipinski definition) is 2. The molecule has 0 heterocycles. The molecular weight excluding hydrogens is 208 g/mol. The van der Waals surface area contributed by atoms with E-state index in [1.807, 2.05) is 13.8 Å². The van der Waals surface area contributed by atoms with E-state index in [9.17, 15) is 9.59 Å². The minimum atomic E-state index is -1.27. The summed E-state index contributed by atoms with van der Waals surface area (Å²) in [6, 6.07) is -0.412. The quantitative estimate of drug-likeness (QED) is 0.700. The van der Waals surface area contributed by atoms with Gasteiger partial charge in [-0.25, -0.2) is 9.59 Å². The Morgan fingerprint density at radius 3 is 2.31 bits per heavy atom. The monoisotopic (exact) mass is 228 g/mol. The van der Waals surface area contributed by atoms with Crippen LogP contribution in [0.25, 0.3) is 0 Å². The second kappa shape index (κ2) is 5.53. The highest BCUT2D eigenvalue weighted by Crippen LogP contribution is 2.06. The SMILES string of the molecule is C=CCN(C(=O)NC(C)(C)C(=O)O)C(C)C. The largest absolute Gasteiger partial charge is 0.480 e. The third-order valence-corrected chi connectivity index (χ3v) is 2.16. The van der Waals surface area contributed by atoms with Crippen LogP contribution in [0.15, 0.2) is 12.7 Å². The molecule has 0 saturated heterocycles. The number of rotatable bonds is 5. The molecule has 92 valence electrons. The summed E-state index contributed by atoms with van der Waals surface area (Å²) in [5, 5.41) is 11.3. The molecule has 0 unspecified atom stereocenters. The fraction of sp³-hybridized carbons (Fsp3) is 0.636. The smallest absolute Gasteiger partial charge is 0.328 e. The van der Waals surface area contributed by atoms with Crippen molar-refractivity contribution in [3.8, 4) is 0 Å². The summed E-state index contributed by atoms with van der Waals surface area (Å²) < 4.78 is 0. The Bertz CT molecular complexity index is 285. The number of carbonyl (C=O) groups excluding carboxylic acids is 1. The van der Waals surface area contributed by atoms with Gasteiger partial charge in [-0.1, -0.05) is 6.08 Å². The zero-order valence-electron chi connectivity index (χ0n) is 10.3. The van der Waals surface area contributed by atoms with E-state index < -0.39 is 17.5 Å². The van der Waals surface area contributed by atoms with Crippen LogP contribution in [0, 0.1) is 0 Å². The molecule has 2 N–H and O–H groups in total. The summed E-state index contributed by atoms with van der Waals surface area (Å²) in [5.41, 5.74) is -1.27. The number of carboxylic acids is 1. The van der Waals surface area contributed by atoms with Gasteiger partial charge >= 0.3 is 12.0 Å². The normalized spacial score (nSPS) is 11.1. The standard InChI is InChI=1S/C11H20N2O3/c1-6-7-13(8(2)3)10(16)12-11(4,5)9(14)15/h6,8H,1,7H2,2-5H3,(H,12,16)(H,14,15). The molecule has 0 rings (SSSR count). The number of nitrogens with zero attached hydrogens (tertiary/aromatic N) is 1. The van der Waals surface area contributed by atoms with Crippen molar-refractivity contribution in [1.82, 2.24) is 10.2 Å². The third kappa shape index (κ3) is 3.92. The summed E-state index contributed by atoms with van der Waals surface area (Å²) in [6.45, 7) is 10.6. The molecule has 0 radical (unpaired) electrons. The second-order valence-corrected chi connectivity index (χ2v) is 4.40. The number of aliphatic carboxylic acids is 1. The Labute approximate surface area is 96.1 Å². The number of urea groups is 1. The van der Waals surface area contributed by atoms with Crippen LogP contribution in [0.1, 0.15) is 27.7 Å². The van der Waals surface area contributed by atoms with Crippen molar-refractivity contribution >= 4 is 12.0 Å². The summed E-state index contributed by atoms with van der Waals surface area (Å²) >= 11 is 0. The number of hydrogen-bond acceptors (Lipinski definition) is 2.